The van der Waals surface area contributed by atoms with Gasteiger partial charge in [-0.2, -0.15) is 0 Å². The summed E-state index contributed by atoms with van der Waals surface area (Å²) in [6.45, 7) is 0. The maximum atomic E-state index is 13.3. The predicted molar refractivity (Wildman–Crippen MR) is 74.2 cm³/mol. The molecule has 0 atom stereocenters. The highest BCUT2D eigenvalue weighted by molar-refractivity contribution is 6.33. The van der Waals surface area contributed by atoms with E-state index in [4.69, 9.17) is 16.0 Å². The third-order valence-electron chi connectivity index (χ3n) is 3.27. The SMILES string of the molecule is O=C1CCC(=O)N1c1oc(-c2cc(F)ccc2Cl)c(O)c1O. The molecule has 1 aliphatic rings. The second kappa shape index (κ2) is 5.03. The Bertz CT molecular complexity index is 785. The zero-order valence-electron chi connectivity index (χ0n) is 11.0. The minimum atomic E-state index is -0.779. The van der Waals surface area contributed by atoms with Gasteiger partial charge in [0.15, 0.2) is 5.76 Å². The summed E-state index contributed by atoms with van der Waals surface area (Å²) >= 11 is 5.91. The number of hydrogen-bond donors (Lipinski definition) is 2. The van der Waals surface area contributed by atoms with Gasteiger partial charge >= 0.3 is 0 Å². The van der Waals surface area contributed by atoms with E-state index in [0.29, 0.717) is 4.90 Å². The summed E-state index contributed by atoms with van der Waals surface area (Å²) in [6.07, 6.45) is -0.0361. The number of aromatic hydroxyl groups is 2. The van der Waals surface area contributed by atoms with Crippen molar-refractivity contribution in [2.75, 3.05) is 4.90 Å². The van der Waals surface area contributed by atoms with Gasteiger partial charge in [0.25, 0.3) is 5.88 Å². The van der Waals surface area contributed by atoms with Crippen molar-refractivity contribution in [3.63, 3.8) is 0 Å². The van der Waals surface area contributed by atoms with Gasteiger partial charge in [0, 0.05) is 18.4 Å². The molecule has 1 aromatic carbocycles. The summed E-state index contributed by atoms with van der Waals surface area (Å²) in [5, 5.41) is 19.9. The average molecular weight is 326 g/mol. The molecule has 1 aromatic heterocycles. The van der Waals surface area contributed by atoms with Crippen LogP contribution in [0.4, 0.5) is 10.3 Å². The Kier molecular flexibility index (Phi) is 3.29. The van der Waals surface area contributed by atoms with E-state index in [1.807, 2.05) is 0 Å². The summed E-state index contributed by atoms with van der Waals surface area (Å²) in [6, 6.07) is 3.36. The molecule has 0 unspecified atom stereocenters. The van der Waals surface area contributed by atoms with Gasteiger partial charge < -0.3 is 14.6 Å². The van der Waals surface area contributed by atoms with Gasteiger partial charge in [0.05, 0.1) is 5.02 Å². The van der Waals surface area contributed by atoms with Crippen LogP contribution in [0.3, 0.4) is 0 Å². The molecule has 114 valence electrons. The number of furan rings is 1. The maximum Gasteiger partial charge on any atom is 0.256 e. The lowest BCUT2D eigenvalue weighted by atomic mass is 10.1. The van der Waals surface area contributed by atoms with Crippen molar-refractivity contribution in [1.82, 2.24) is 0 Å². The quantitative estimate of drug-likeness (QED) is 0.828. The average Bonchev–Trinajstić information content (AvgIpc) is 2.95. The molecule has 0 spiro atoms. The predicted octanol–water partition coefficient (Wildman–Crippen LogP) is 2.80. The number of benzene rings is 1. The van der Waals surface area contributed by atoms with E-state index >= 15 is 0 Å². The molecule has 2 N–H and O–H groups in total. The Hall–Kier alpha value is -2.54. The summed E-state index contributed by atoms with van der Waals surface area (Å²) in [5.41, 5.74) is -0.0141. The fourth-order valence-corrected chi connectivity index (χ4v) is 2.41. The van der Waals surface area contributed by atoms with E-state index in [0.717, 1.165) is 12.1 Å². The zero-order chi connectivity index (χ0) is 16.0. The number of imide groups is 1. The van der Waals surface area contributed by atoms with E-state index in [1.54, 1.807) is 0 Å². The molecule has 1 fully saturated rings. The van der Waals surface area contributed by atoms with Crippen LogP contribution in [-0.4, -0.2) is 22.0 Å². The van der Waals surface area contributed by atoms with E-state index in [-0.39, 0.29) is 29.2 Å². The van der Waals surface area contributed by atoms with Crippen molar-refractivity contribution in [3.05, 3.63) is 29.0 Å². The van der Waals surface area contributed by atoms with Gasteiger partial charge in [-0.3, -0.25) is 9.59 Å². The molecule has 6 nitrogen and oxygen atoms in total. The van der Waals surface area contributed by atoms with Crippen LogP contribution in [0, 0.1) is 5.82 Å². The van der Waals surface area contributed by atoms with E-state index < -0.39 is 35.0 Å². The standard InChI is InChI=1S/C14H9ClFNO5/c15-8-2-1-6(16)5-7(8)13-11(20)12(21)14(22-13)17-9(18)3-4-10(17)19/h1-2,5,20-21H,3-4H2. The number of amides is 2. The summed E-state index contributed by atoms with van der Waals surface area (Å²) in [4.78, 5) is 24.0. The second-order valence-electron chi connectivity index (χ2n) is 4.68. The molecule has 0 saturated carbocycles. The van der Waals surface area contributed by atoms with Gasteiger partial charge in [-0.05, 0) is 18.2 Å². The van der Waals surface area contributed by atoms with Crippen LogP contribution in [0.1, 0.15) is 12.8 Å². The Morgan fingerprint density at radius 1 is 1.14 bits per heavy atom. The number of rotatable bonds is 2. The smallest absolute Gasteiger partial charge is 0.256 e. The molecule has 1 saturated heterocycles. The largest absolute Gasteiger partial charge is 0.502 e. The summed E-state index contributed by atoms with van der Waals surface area (Å²) in [5.74, 6) is -4.10. The molecule has 1 aliphatic heterocycles. The minimum Gasteiger partial charge on any atom is -0.502 e. The molecule has 2 aromatic rings. The van der Waals surface area contributed by atoms with Crippen LogP contribution < -0.4 is 4.90 Å². The van der Waals surface area contributed by atoms with Gasteiger partial charge in [-0.1, -0.05) is 11.6 Å². The molecular formula is C14H9ClFNO5. The lowest BCUT2D eigenvalue weighted by Gasteiger charge is -2.09. The first-order chi connectivity index (χ1) is 10.4. The lowest BCUT2D eigenvalue weighted by molar-refractivity contribution is -0.121. The zero-order valence-corrected chi connectivity index (χ0v) is 11.7. The molecule has 0 radical (unpaired) electrons. The topological polar surface area (TPSA) is 91.0 Å². The van der Waals surface area contributed by atoms with Crippen LogP contribution in [0.25, 0.3) is 11.3 Å². The van der Waals surface area contributed by atoms with E-state index in [1.165, 1.54) is 6.07 Å². The van der Waals surface area contributed by atoms with Gasteiger partial charge in [0.2, 0.25) is 23.3 Å². The number of nitrogens with zero attached hydrogens (tertiary/aromatic N) is 1. The fraction of sp³-hybridized carbons (Fsp3) is 0.143. The Balaban J connectivity index is 2.16. The van der Waals surface area contributed by atoms with E-state index in [9.17, 15) is 24.2 Å². The van der Waals surface area contributed by atoms with E-state index in [2.05, 4.69) is 0 Å². The first-order valence-electron chi connectivity index (χ1n) is 6.26. The number of carbonyl (C=O) groups excluding carboxylic acids is 2. The summed E-state index contributed by atoms with van der Waals surface area (Å²) in [7, 11) is 0. The molecular weight excluding hydrogens is 317 g/mol. The molecule has 2 amide bonds. The van der Waals surface area contributed by atoms with Crippen molar-refractivity contribution in [1.29, 1.82) is 0 Å². The van der Waals surface area contributed by atoms with Crippen LogP contribution in [0.15, 0.2) is 22.6 Å². The molecule has 2 heterocycles. The highest BCUT2D eigenvalue weighted by Gasteiger charge is 2.37. The van der Waals surface area contributed by atoms with Crippen LogP contribution in [-0.2, 0) is 9.59 Å². The number of anilines is 1. The highest BCUT2D eigenvalue weighted by Crippen LogP contribution is 2.49. The third kappa shape index (κ3) is 2.10. The van der Waals surface area contributed by atoms with Gasteiger partial charge in [-0.25, -0.2) is 9.29 Å². The summed E-state index contributed by atoms with van der Waals surface area (Å²) < 4.78 is 18.6. The third-order valence-corrected chi connectivity index (χ3v) is 3.60. The van der Waals surface area contributed by atoms with Crippen LogP contribution >= 0.6 is 11.6 Å². The van der Waals surface area contributed by atoms with Crippen molar-refractivity contribution in [2.45, 2.75) is 12.8 Å². The van der Waals surface area contributed by atoms with Crippen molar-refractivity contribution < 1.29 is 28.6 Å². The molecule has 0 bridgehead atoms. The Morgan fingerprint density at radius 2 is 1.77 bits per heavy atom. The number of halogens is 2. The molecule has 8 heteroatoms. The van der Waals surface area contributed by atoms with Crippen molar-refractivity contribution in [2.24, 2.45) is 0 Å². The number of carbonyl (C=O) groups is 2. The first kappa shape index (κ1) is 14.4. The number of hydrogen-bond acceptors (Lipinski definition) is 5. The molecule has 22 heavy (non-hydrogen) atoms. The first-order valence-corrected chi connectivity index (χ1v) is 6.64. The Morgan fingerprint density at radius 3 is 2.41 bits per heavy atom. The Labute approximate surface area is 128 Å². The molecule has 0 aliphatic carbocycles. The second-order valence-corrected chi connectivity index (χ2v) is 5.09. The van der Waals surface area contributed by atoms with Crippen molar-refractivity contribution >= 4 is 29.3 Å². The van der Waals surface area contributed by atoms with Crippen LogP contribution in [0.5, 0.6) is 11.5 Å². The van der Waals surface area contributed by atoms with Gasteiger partial charge in [-0.15, -0.1) is 0 Å². The normalized spacial score (nSPS) is 14.9. The highest BCUT2D eigenvalue weighted by atomic mass is 35.5. The lowest BCUT2D eigenvalue weighted by Crippen LogP contribution is -2.28. The monoisotopic (exact) mass is 325 g/mol. The maximum absolute atomic E-state index is 13.3. The minimum absolute atomic E-state index is 0.0141. The van der Waals surface area contributed by atoms with Crippen molar-refractivity contribution in [3.8, 4) is 22.8 Å². The van der Waals surface area contributed by atoms with Gasteiger partial charge in [0.1, 0.15) is 5.82 Å². The van der Waals surface area contributed by atoms with Crippen LogP contribution in [0.2, 0.25) is 5.02 Å². The fourth-order valence-electron chi connectivity index (χ4n) is 2.21. The molecule has 3 rings (SSSR count).